The number of benzene rings is 1. The van der Waals surface area contributed by atoms with E-state index in [0.29, 0.717) is 19.3 Å². The van der Waals surface area contributed by atoms with E-state index in [4.69, 9.17) is 5.11 Å². The second-order valence-corrected chi connectivity index (χ2v) is 6.02. The van der Waals surface area contributed by atoms with Gasteiger partial charge in [0.2, 0.25) is 0 Å². The van der Waals surface area contributed by atoms with E-state index < -0.39 is 5.97 Å². The lowest BCUT2D eigenvalue weighted by molar-refractivity contribution is -0.141. The number of anilines is 1. The minimum Gasteiger partial charge on any atom is -0.481 e. The number of hydrogen-bond donors (Lipinski definition) is 3. The molecule has 2 rings (SSSR count). The van der Waals surface area contributed by atoms with Gasteiger partial charge in [-0.2, -0.15) is 0 Å². The van der Waals surface area contributed by atoms with Gasteiger partial charge in [0.05, 0.1) is 5.92 Å². The number of carboxylic acid groups (broad SMARTS) is 1. The Balaban J connectivity index is 1.90. The van der Waals surface area contributed by atoms with Crippen LogP contribution < -0.4 is 10.6 Å². The Hall–Kier alpha value is -1.56. The first-order valence-corrected chi connectivity index (χ1v) is 7.31. The third kappa shape index (κ3) is 3.72. The first kappa shape index (κ1) is 14.8. The third-order valence-corrected chi connectivity index (χ3v) is 4.06. The second-order valence-electron chi connectivity index (χ2n) is 5.10. The normalized spacial score (nSPS) is 21.5. The molecular formula is C14H17BrN2O3. The molecule has 0 spiro atoms. The van der Waals surface area contributed by atoms with Crippen LogP contribution in [-0.4, -0.2) is 23.1 Å². The summed E-state index contributed by atoms with van der Waals surface area (Å²) in [7, 11) is 0. The predicted octanol–water partition coefficient (Wildman–Crippen LogP) is 3.13. The van der Waals surface area contributed by atoms with E-state index in [1.807, 2.05) is 25.1 Å². The van der Waals surface area contributed by atoms with E-state index in [-0.39, 0.29) is 18.0 Å². The second kappa shape index (κ2) is 6.26. The number of aliphatic carboxylic acids is 1. The number of nitrogens with one attached hydrogen (secondary N) is 2. The smallest absolute Gasteiger partial charge is 0.319 e. The summed E-state index contributed by atoms with van der Waals surface area (Å²) >= 11 is 3.36. The van der Waals surface area contributed by atoms with E-state index in [1.54, 1.807) is 0 Å². The molecular weight excluding hydrogens is 324 g/mol. The highest BCUT2D eigenvalue weighted by Gasteiger charge is 2.30. The van der Waals surface area contributed by atoms with E-state index in [2.05, 4.69) is 26.6 Å². The van der Waals surface area contributed by atoms with Crippen LogP contribution in [0.25, 0.3) is 0 Å². The fraction of sp³-hybridized carbons (Fsp3) is 0.429. The maximum Gasteiger partial charge on any atom is 0.319 e. The Bertz CT molecular complexity index is 533. The van der Waals surface area contributed by atoms with Crippen molar-refractivity contribution in [3.8, 4) is 0 Å². The van der Waals surface area contributed by atoms with Crippen molar-refractivity contribution in [1.82, 2.24) is 5.32 Å². The fourth-order valence-corrected chi connectivity index (χ4v) is 2.77. The van der Waals surface area contributed by atoms with Gasteiger partial charge in [-0.25, -0.2) is 4.79 Å². The van der Waals surface area contributed by atoms with Crippen LogP contribution in [0.3, 0.4) is 0 Å². The van der Waals surface area contributed by atoms with Crippen molar-refractivity contribution < 1.29 is 14.7 Å². The Morgan fingerprint density at radius 2 is 2.10 bits per heavy atom. The molecule has 20 heavy (non-hydrogen) atoms. The molecule has 1 aliphatic carbocycles. The molecule has 0 heterocycles. The van der Waals surface area contributed by atoms with Crippen molar-refractivity contribution in [2.24, 2.45) is 5.92 Å². The van der Waals surface area contributed by atoms with E-state index >= 15 is 0 Å². The molecule has 6 heteroatoms. The average molecular weight is 341 g/mol. The summed E-state index contributed by atoms with van der Waals surface area (Å²) in [6.07, 6.45) is 1.83. The molecule has 3 N–H and O–H groups in total. The van der Waals surface area contributed by atoms with E-state index in [9.17, 15) is 9.59 Å². The van der Waals surface area contributed by atoms with E-state index in [1.165, 1.54) is 0 Å². The molecule has 108 valence electrons. The Kier molecular flexibility index (Phi) is 4.65. The highest BCUT2D eigenvalue weighted by Crippen LogP contribution is 2.26. The molecule has 0 radical (unpaired) electrons. The molecule has 1 aromatic carbocycles. The van der Waals surface area contributed by atoms with Crippen molar-refractivity contribution >= 4 is 33.6 Å². The molecule has 0 aromatic heterocycles. The van der Waals surface area contributed by atoms with Gasteiger partial charge in [0, 0.05) is 16.2 Å². The number of halogens is 1. The minimum absolute atomic E-state index is 0.0661. The van der Waals surface area contributed by atoms with Gasteiger partial charge >= 0.3 is 12.0 Å². The highest BCUT2D eigenvalue weighted by atomic mass is 79.9. The van der Waals surface area contributed by atoms with Gasteiger partial charge in [-0.3, -0.25) is 4.79 Å². The molecule has 0 aliphatic heterocycles. The number of carboxylic acids is 1. The largest absolute Gasteiger partial charge is 0.481 e. The first-order valence-electron chi connectivity index (χ1n) is 6.52. The number of amides is 2. The van der Waals surface area contributed by atoms with Crippen molar-refractivity contribution in [1.29, 1.82) is 0 Å². The lowest BCUT2D eigenvalue weighted by Gasteiger charge is -2.14. The van der Waals surface area contributed by atoms with Crippen LogP contribution in [0.5, 0.6) is 0 Å². The molecule has 0 saturated heterocycles. The zero-order chi connectivity index (χ0) is 14.7. The van der Waals surface area contributed by atoms with Crippen molar-refractivity contribution in [3.63, 3.8) is 0 Å². The molecule has 1 aromatic rings. The number of hydrogen-bond acceptors (Lipinski definition) is 2. The maximum absolute atomic E-state index is 11.9. The number of carbonyl (C=O) groups excluding carboxylic acids is 1. The van der Waals surface area contributed by atoms with Crippen molar-refractivity contribution in [2.75, 3.05) is 5.32 Å². The van der Waals surface area contributed by atoms with Crippen LogP contribution in [-0.2, 0) is 4.79 Å². The van der Waals surface area contributed by atoms with Crippen LogP contribution in [0.1, 0.15) is 24.8 Å². The number of carbonyl (C=O) groups is 2. The predicted molar refractivity (Wildman–Crippen MR) is 79.8 cm³/mol. The molecule has 1 saturated carbocycles. The lowest BCUT2D eigenvalue weighted by Crippen LogP contribution is -2.36. The fourth-order valence-electron chi connectivity index (χ4n) is 2.41. The summed E-state index contributed by atoms with van der Waals surface area (Å²) in [4.78, 5) is 22.8. The zero-order valence-electron chi connectivity index (χ0n) is 11.1. The monoisotopic (exact) mass is 340 g/mol. The molecule has 1 fully saturated rings. The topological polar surface area (TPSA) is 78.4 Å². The third-order valence-electron chi connectivity index (χ3n) is 3.56. The average Bonchev–Trinajstić information content (AvgIpc) is 2.82. The van der Waals surface area contributed by atoms with Crippen LogP contribution in [0, 0.1) is 12.8 Å². The summed E-state index contributed by atoms with van der Waals surface area (Å²) in [6, 6.07) is 5.30. The highest BCUT2D eigenvalue weighted by molar-refractivity contribution is 9.10. The maximum atomic E-state index is 11.9. The van der Waals surface area contributed by atoms with Gasteiger partial charge in [0.1, 0.15) is 0 Å². The van der Waals surface area contributed by atoms with Gasteiger partial charge in [-0.1, -0.05) is 22.0 Å². The van der Waals surface area contributed by atoms with E-state index in [0.717, 1.165) is 15.7 Å². The zero-order valence-corrected chi connectivity index (χ0v) is 12.7. The summed E-state index contributed by atoms with van der Waals surface area (Å²) in [5.41, 5.74) is 1.71. The Morgan fingerprint density at radius 3 is 2.75 bits per heavy atom. The molecule has 2 atom stereocenters. The Morgan fingerprint density at radius 1 is 1.35 bits per heavy atom. The summed E-state index contributed by atoms with van der Waals surface area (Å²) in [6.45, 7) is 1.91. The van der Waals surface area contributed by atoms with Crippen molar-refractivity contribution in [3.05, 3.63) is 28.2 Å². The molecule has 2 amide bonds. The standard InChI is InChI=1S/C14H17BrN2O3/c1-8-2-4-10(15)7-12(8)17-14(20)16-11-5-3-9(6-11)13(18)19/h2,4,7,9,11H,3,5-6H2,1H3,(H,18,19)(H2,16,17,20). The quantitative estimate of drug-likeness (QED) is 0.790. The van der Waals surface area contributed by atoms with Crippen LogP contribution >= 0.6 is 15.9 Å². The summed E-state index contributed by atoms with van der Waals surface area (Å²) < 4.78 is 0.894. The summed E-state index contributed by atoms with van der Waals surface area (Å²) in [5.74, 6) is -1.12. The van der Waals surface area contributed by atoms with Gasteiger partial charge in [0.25, 0.3) is 0 Å². The molecule has 2 unspecified atom stereocenters. The molecule has 0 bridgehead atoms. The molecule has 1 aliphatic rings. The first-order chi connectivity index (χ1) is 9.45. The number of aryl methyl sites for hydroxylation is 1. The van der Waals surface area contributed by atoms with Gasteiger partial charge < -0.3 is 15.7 Å². The molecule has 5 nitrogen and oxygen atoms in total. The number of rotatable bonds is 3. The van der Waals surface area contributed by atoms with Crippen molar-refractivity contribution in [2.45, 2.75) is 32.2 Å². The van der Waals surface area contributed by atoms with Gasteiger partial charge in [0.15, 0.2) is 0 Å². The van der Waals surface area contributed by atoms with Crippen LogP contribution in [0.15, 0.2) is 22.7 Å². The SMILES string of the molecule is Cc1ccc(Br)cc1NC(=O)NC1CCC(C(=O)O)C1. The van der Waals surface area contributed by atoms with Gasteiger partial charge in [-0.15, -0.1) is 0 Å². The summed E-state index contributed by atoms with van der Waals surface area (Å²) in [5, 5.41) is 14.6. The minimum atomic E-state index is -0.780. The van der Waals surface area contributed by atoms with Crippen LogP contribution in [0.2, 0.25) is 0 Å². The lowest BCUT2D eigenvalue weighted by atomic mass is 10.1. The number of urea groups is 1. The van der Waals surface area contributed by atoms with Gasteiger partial charge in [-0.05, 0) is 43.9 Å². The Labute approximate surface area is 125 Å². The van der Waals surface area contributed by atoms with Crippen LogP contribution in [0.4, 0.5) is 10.5 Å².